The summed E-state index contributed by atoms with van der Waals surface area (Å²) in [6, 6.07) is 9.84. The van der Waals surface area contributed by atoms with E-state index in [2.05, 4.69) is 52.5 Å². The first-order valence-electron chi connectivity index (χ1n) is 9.86. The Kier molecular flexibility index (Phi) is 5.05. The lowest BCUT2D eigenvalue weighted by Crippen LogP contribution is -2.43. The highest BCUT2D eigenvalue weighted by molar-refractivity contribution is 5.97. The fourth-order valence-corrected chi connectivity index (χ4v) is 3.77. The van der Waals surface area contributed by atoms with Crippen LogP contribution in [0.4, 0.5) is 5.69 Å². The van der Waals surface area contributed by atoms with Crippen LogP contribution in [0, 0.1) is 0 Å². The maximum atomic E-state index is 4.63. The van der Waals surface area contributed by atoms with E-state index in [4.69, 9.17) is 0 Å². The van der Waals surface area contributed by atoms with E-state index in [0.29, 0.717) is 5.82 Å². The second-order valence-electron chi connectivity index (χ2n) is 6.89. The van der Waals surface area contributed by atoms with Crippen LogP contribution in [0.5, 0.6) is 0 Å². The molecule has 3 aromatic heterocycles. The van der Waals surface area contributed by atoms with Crippen LogP contribution < -0.4 is 10.2 Å². The van der Waals surface area contributed by atoms with Crippen molar-refractivity contribution in [1.82, 2.24) is 35.5 Å². The van der Waals surface area contributed by atoms with E-state index in [0.717, 1.165) is 59.9 Å². The van der Waals surface area contributed by atoms with E-state index < -0.39 is 0 Å². The standard InChI is InChI=1S/C22H20N8/c1-3-17(29-28-8-1)20-16(22-26-6-2-7-27-22)4-5-19(30-13-11-23-12-14-30)21(20)18-15-24-9-10-25-18/h1-10,15,23H,11-14H2. The van der Waals surface area contributed by atoms with Gasteiger partial charge >= 0.3 is 0 Å². The SMILES string of the molecule is c1cnc(-c2ccc(N3CCNCC3)c(-c3cnccn3)c2-c2cccnn2)nc1. The highest BCUT2D eigenvalue weighted by Crippen LogP contribution is 2.43. The van der Waals surface area contributed by atoms with Crippen molar-refractivity contribution >= 4 is 5.69 Å². The molecule has 1 fully saturated rings. The van der Waals surface area contributed by atoms with Crippen molar-refractivity contribution in [2.75, 3.05) is 31.1 Å². The summed E-state index contributed by atoms with van der Waals surface area (Å²) in [6.07, 6.45) is 10.3. The van der Waals surface area contributed by atoms with Crippen molar-refractivity contribution in [3.63, 3.8) is 0 Å². The Hall–Kier alpha value is -3.78. The largest absolute Gasteiger partial charge is 0.368 e. The molecule has 1 N–H and O–H groups in total. The van der Waals surface area contributed by atoms with Crippen molar-refractivity contribution < 1.29 is 0 Å². The molecule has 4 aromatic rings. The lowest BCUT2D eigenvalue weighted by atomic mass is 9.93. The third-order valence-corrected chi connectivity index (χ3v) is 5.10. The number of hydrogen-bond acceptors (Lipinski definition) is 8. The second kappa shape index (κ2) is 8.30. The van der Waals surface area contributed by atoms with Crippen LogP contribution in [0.3, 0.4) is 0 Å². The van der Waals surface area contributed by atoms with E-state index in [9.17, 15) is 0 Å². The Labute approximate surface area is 174 Å². The summed E-state index contributed by atoms with van der Waals surface area (Å²) in [5, 5.41) is 12.0. The van der Waals surface area contributed by atoms with Crippen LogP contribution in [0.15, 0.2) is 67.5 Å². The van der Waals surface area contributed by atoms with Crippen LogP contribution in [0.1, 0.15) is 0 Å². The highest BCUT2D eigenvalue weighted by atomic mass is 15.2. The maximum Gasteiger partial charge on any atom is 0.159 e. The van der Waals surface area contributed by atoms with Crippen LogP contribution in [-0.2, 0) is 0 Å². The molecule has 0 atom stereocenters. The van der Waals surface area contributed by atoms with E-state index in [1.54, 1.807) is 37.2 Å². The lowest BCUT2D eigenvalue weighted by Gasteiger charge is -2.32. The lowest BCUT2D eigenvalue weighted by molar-refractivity contribution is 0.589. The maximum absolute atomic E-state index is 4.63. The van der Waals surface area contributed by atoms with Gasteiger partial charge in [-0.05, 0) is 30.3 Å². The molecule has 0 amide bonds. The van der Waals surface area contributed by atoms with Crippen LogP contribution in [-0.4, -0.2) is 56.3 Å². The predicted octanol–water partition coefficient (Wildman–Crippen LogP) is 2.47. The van der Waals surface area contributed by atoms with Crippen LogP contribution in [0.2, 0.25) is 0 Å². The zero-order valence-electron chi connectivity index (χ0n) is 16.3. The van der Waals surface area contributed by atoms with Crippen molar-refractivity contribution in [2.45, 2.75) is 0 Å². The summed E-state index contributed by atoms with van der Waals surface area (Å²) < 4.78 is 0. The van der Waals surface area contributed by atoms with E-state index in [1.807, 2.05) is 18.2 Å². The normalized spacial score (nSPS) is 13.9. The molecule has 1 saturated heterocycles. The molecule has 0 spiro atoms. The third kappa shape index (κ3) is 3.48. The predicted molar refractivity (Wildman–Crippen MR) is 115 cm³/mol. The number of rotatable bonds is 4. The van der Waals surface area contributed by atoms with E-state index in [1.165, 1.54) is 0 Å². The minimum Gasteiger partial charge on any atom is -0.368 e. The number of piperazine rings is 1. The Morgan fingerprint density at radius 3 is 2.37 bits per heavy atom. The van der Waals surface area contributed by atoms with Crippen LogP contribution >= 0.6 is 0 Å². The minimum absolute atomic E-state index is 0.634. The van der Waals surface area contributed by atoms with Gasteiger partial charge in [0, 0.05) is 79.5 Å². The molecule has 0 bridgehead atoms. The van der Waals surface area contributed by atoms with Crippen LogP contribution in [0.25, 0.3) is 33.9 Å². The Morgan fingerprint density at radius 1 is 0.767 bits per heavy atom. The summed E-state index contributed by atoms with van der Waals surface area (Å²) in [5.41, 5.74) is 5.39. The Bertz CT molecular complexity index is 1110. The van der Waals surface area contributed by atoms with E-state index in [-0.39, 0.29) is 0 Å². The minimum atomic E-state index is 0.634. The molecule has 8 heteroatoms. The van der Waals surface area contributed by atoms with Gasteiger partial charge in [-0.25, -0.2) is 9.97 Å². The van der Waals surface area contributed by atoms with Gasteiger partial charge in [-0.3, -0.25) is 9.97 Å². The first-order valence-corrected chi connectivity index (χ1v) is 9.86. The Balaban J connectivity index is 1.83. The molecular weight excluding hydrogens is 376 g/mol. The van der Waals surface area contributed by atoms with Crippen molar-refractivity contribution in [3.05, 3.63) is 67.5 Å². The fraction of sp³-hybridized carbons (Fsp3) is 0.182. The van der Waals surface area contributed by atoms with Crippen molar-refractivity contribution in [2.24, 2.45) is 0 Å². The Morgan fingerprint density at radius 2 is 1.63 bits per heavy atom. The van der Waals surface area contributed by atoms with Gasteiger partial charge in [-0.2, -0.15) is 10.2 Å². The van der Waals surface area contributed by atoms with Gasteiger partial charge in [-0.1, -0.05) is 0 Å². The molecule has 1 aromatic carbocycles. The monoisotopic (exact) mass is 396 g/mol. The first kappa shape index (κ1) is 18.3. The summed E-state index contributed by atoms with van der Waals surface area (Å²) in [7, 11) is 0. The molecule has 5 rings (SSSR count). The number of aromatic nitrogens is 6. The van der Waals surface area contributed by atoms with Gasteiger partial charge in [0.25, 0.3) is 0 Å². The number of anilines is 1. The third-order valence-electron chi connectivity index (χ3n) is 5.10. The smallest absolute Gasteiger partial charge is 0.159 e. The van der Waals surface area contributed by atoms with E-state index >= 15 is 0 Å². The summed E-state index contributed by atoms with van der Waals surface area (Å²) in [5.74, 6) is 0.634. The average Bonchev–Trinajstić information content (AvgIpc) is 2.85. The topological polar surface area (TPSA) is 92.6 Å². The van der Waals surface area contributed by atoms with Gasteiger partial charge in [-0.15, -0.1) is 0 Å². The molecule has 30 heavy (non-hydrogen) atoms. The molecule has 1 aliphatic heterocycles. The zero-order chi connectivity index (χ0) is 20.2. The zero-order valence-corrected chi connectivity index (χ0v) is 16.3. The number of nitrogens with one attached hydrogen (secondary N) is 1. The van der Waals surface area contributed by atoms with Gasteiger partial charge in [0.2, 0.25) is 0 Å². The van der Waals surface area contributed by atoms with Gasteiger partial charge in [0.1, 0.15) is 0 Å². The quantitative estimate of drug-likeness (QED) is 0.562. The molecule has 1 aliphatic rings. The summed E-state index contributed by atoms with van der Waals surface area (Å²) in [4.78, 5) is 20.3. The first-order chi connectivity index (χ1) is 14.9. The summed E-state index contributed by atoms with van der Waals surface area (Å²) >= 11 is 0. The number of hydrogen-bond donors (Lipinski definition) is 1. The molecule has 0 radical (unpaired) electrons. The molecule has 148 valence electrons. The number of nitrogens with zero attached hydrogens (tertiary/aromatic N) is 7. The molecule has 8 nitrogen and oxygen atoms in total. The number of benzene rings is 1. The van der Waals surface area contributed by atoms with Gasteiger partial charge < -0.3 is 10.2 Å². The van der Waals surface area contributed by atoms with Crippen molar-refractivity contribution in [1.29, 1.82) is 0 Å². The molecule has 4 heterocycles. The summed E-state index contributed by atoms with van der Waals surface area (Å²) in [6.45, 7) is 3.69. The van der Waals surface area contributed by atoms with Gasteiger partial charge in [0.15, 0.2) is 5.82 Å². The molecule has 0 saturated carbocycles. The molecule has 0 unspecified atom stereocenters. The molecule has 0 aliphatic carbocycles. The highest BCUT2D eigenvalue weighted by Gasteiger charge is 2.24. The van der Waals surface area contributed by atoms with Crippen molar-refractivity contribution in [3.8, 4) is 33.9 Å². The molecular formula is C22H20N8. The fourth-order valence-electron chi connectivity index (χ4n) is 3.77. The average molecular weight is 396 g/mol. The second-order valence-corrected chi connectivity index (χ2v) is 6.89. The van der Waals surface area contributed by atoms with Gasteiger partial charge in [0.05, 0.1) is 17.6 Å².